The van der Waals surface area contributed by atoms with Gasteiger partial charge in [0.1, 0.15) is 5.75 Å². The first-order valence-electron chi connectivity index (χ1n) is 3.84. The first kappa shape index (κ1) is 12.0. The van der Waals surface area contributed by atoms with E-state index in [4.69, 9.17) is 16.3 Å². The van der Waals surface area contributed by atoms with E-state index in [1.807, 2.05) is 22.6 Å². The van der Waals surface area contributed by atoms with E-state index in [0.29, 0.717) is 10.8 Å². The Hall–Kier alpha value is -0.100. The van der Waals surface area contributed by atoms with E-state index >= 15 is 0 Å². The summed E-state index contributed by atoms with van der Waals surface area (Å²) in [5.41, 5.74) is 0. The predicted octanol–water partition coefficient (Wildman–Crippen LogP) is 3.98. The number of rotatable bonds is 3. The van der Waals surface area contributed by atoms with Crippen LogP contribution >= 0.6 is 34.2 Å². The summed E-state index contributed by atoms with van der Waals surface area (Å²) in [6, 6.07) is 4.92. The quantitative estimate of drug-likeness (QED) is 0.761. The second-order valence-corrected chi connectivity index (χ2v) is 4.53. The van der Waals surface area contributed by atoms with Gasteiger partial charge in [-0.25, -0.2) is 8.78 Å². The zero-order chi connectivity index (χ0) is 10.8. The highest BCUT2D eigenvalue weighted by Crippen LogP contribution is 2.26. The maximum absolute atomic E-state index is 12.5. The van der Waals surface area contributed by atoms with Crippen LogP contribution in [0.5, 0.6) is 5.75 Å². The van der Waals surface area contributed by atoms with Crippen LogP contribution in [-0.4, -0.2) is 12.5 Å². The lowest BCUT2D eigenvalue weighted by atomic mass is 10.3. The van der Waals surface area contributed by atoms with Gasteiger partial charge in [-0.2, -0.15) is 0 Å². The van der Waals surface area contributed by atoms with Crippen molar-refractivity contribution in [2.24, 2.45) is 0 Å². The summed E-state index contributed by atoms with van der Waals surface area (Å²) in [5.74, 6) is -2.44. The highest BCUT2D eigenvalue weighted by atomic mass is 127. The molecule has 0 aliphatic carbocycles. The lowest BCUT2D eigenvalue weighted by molar-refractivity contribution is -0.0232. The van der Waals surface area contributed by atoms with Crippen LogP contribution in [0.4, 0.5) is 8.78 Å². The van der Waals surface area contributed by atoms with Crippen LogP contribution in [0, 0.1) is 3.57 Å². The fourth-order valence-corrected chi connectivity index (χ4v) is 1.45. The number of hydrogen-bond donors (Lipinski definition) is 0. The molecule has 1 aromatic rings. The molecule has 0 atom stereocenters. The van der Waals surface area contributed by atoms with Gasteiger partial charge in [0.05, 0.1) is 3.57 Å². The van der Waals surface area contributed by atoms with E-state index in [1.165, 1.54) is 6.07 Å². The molecule has 0 saturated carbocycles. The van der Waals surface area contributed by atoms with Crippen molar-refractivity contribution in [3.63, 3.8) is 0 Å². The van der Waals surface area contributed by atoms with Crippen molar-refractivity contribution in [2.45, 2.75) is 12.8 Å². The number of hydrogen-bond acceptors (Lipinski definition) is 1. The van der Waals surface area contributed by atoms with Crippen molar-refractivity contribution in [1.29, 1.82) is 0 Å². The summed E-state index contributed by atoms with van der Waals surface area (Å²) in [6.45, 7) is 0.174. The van der Waals surface area contributed by atoms with Gasteiger partial charge in [0, 0.05) is 11.9 Å². The van der Waals surface area contributed by atoms with Crippen LogP contribution in [0.2, 0.25) is 5.02 Å². The molecule has 0 spiro atoms. The topological polar surface area (TPSA) is 9.23 Å². The van der Waals surface area contributed by atoms with Gasteiger partial charge in [-0.05, 0) is 40.8 Å². The Morgan fingerprint density at radius 1 is 1.50 bits per heavy atom. The highest BCUT2D eigenvalue weighted by Gasteiger charge is 2.22. The Morgan fingerprint density at radius 2 is 2.14 bits per heavy atom. The minimum Gasteiger partial charge on any atom is -0.486 e. The molecular weight excluding hydrogens is 324 g/mol. The molecule has 0 amide bonds. The molecule has 5 heteroatoms. The molecule has 0 saturated heterocycles. The zero-order valence-electron chi connectivity index (χ0n) is 7.36. The van der Waals surface area contributed by atoms with Crippen LogP contribution in [0.25, 0.3) is 0 Å². The number of halogens is 4. The van der Waals surface area contributed by atoms with Gasteiger partial charge >= 0.3 is 0 Å². The van der Waals surface area contributed by atoms with Gasteiger partial charge < -0.3 is 4.74 Å². The van der Waals surface area contributed by atoms with Gasteiger partial charge in [-0.3, -0.25) is 0 Å². The first-order chi connectivity index (χ1) is 6.38. The molecule has 1 nitrogen and oxygen atoms in total. The molecule has 0 heterocycles. The molecule has 14 heavy (non-hydrogen) atoms. The summed E-state index contributed by atoms with van der Waals surface area (Å²) < 4.78 is 30.7. The molecule has 1 rings (SSSR count). The van der Waals surface area contributed by atoms with Gasteiger partial charge in [-0.15, -0.1) is 0 Å². The van der Waals surface area contributed by atoms with Crippen LogP contribution in [0.15, 0.2) is 18.2 Å². The summed E-state index contributed by atoms with van der Waals surface area (Å²) in [4.78, 5) is 0. The standard InChI is InChI=1S/C9H8ClF2IO/c1-9(11,12)5-14-8-4-6(10)2-3-7(8)13/h2-4H,5H2,1H3. The van der Waals surface area contributed by atoms with Crippen molar-refractivity contribution in [3.05, 3.63) is 26.8 Å². The van der Waals surface area contributed by atoms with Gasteiger partial charge in [-0.1, -0.05) is 11.6 Å². The first-order valence-corrected chi connectivity index (χ1v) is 5.30. The smallest absolute Gasteiger partial charge is 0.278 e. The van der Waals surface area contributed by atoms with Crippen molar-refractivity contribution >= 4 is 34.2 Å². The lowest BCUT2D eigenvalue weighted by Gasteiger charge is -2.13. The lowest BCUT2D eigenvalue weighted by Crippen LogP contribution is -2.21. The minimum atomic E-state index is -2.83. The van der Waals surface area contributed by atoms with E-state index in [0.717, 1.165) is 10.5 Å². The molecule has 0 unspecified atom stereocenters. The van der Waals surface area contributed by atoms with Crippen molar-refractivity contribution in [3.8, 4) is 5.75 Å². The van der Waals surface area contributed by atoms with Gasteiger partial charge in [0.25, 0.3) is 5.92 Å². The third kappa shape index (κ3) is 3.96. The van der Waals surface area contributed by atoms with E-state index in [9.17, 15) is 8.78 Å². The summed E-state index contributed by atoms with van der Waals surface area (Å²) in [5, 5.41) is 0.472. The monoisotopic (exact) mass is 332 g/mol. The third-order valence-corrected chi connectivity index (χ3v) is 2.50. The molecule has 0 radical (unpaired) electrons. The Balaban J connectivity index is 2.72. The van der Waals surface area contributed by atoms with E-state index < -0.39 is 12.5 Å². The summed E-state index contributed by atoms with van der Waals surface area (Å²) in [6.07, 6.45) is 0. The third-order valence-electron chi connectivity index (χ3n) is 1.37. The minimum absolute atomic E-state index is 0.389. The second kappa shape index (κ2) is 4.61. The van der Waals surface area contributed by atoms with Crippen LogP contribution in [0.3, 0.4) is 0 Å². The van der Waals surface area contributed by atoms with Gasteiger partial charge in [0.2, 0.25) is 0 Å². The molecule has 0 bridgehead atoms. The number of alkyl halides is 2. The predicted molar refractivity (Wildman–Crippen MR) is 60.3 cm³/mol. The largest absolute Gasteiger partial charge is 0.486 e. The average molecular weight is 333 g/mol. The Morgan fingerprint density at radius 3 is 2.71 bits per heavy atom. The van der Waals surface area contributed by atoms with E-state index in [2.05, 4.69) is 0 Å². The summed E-state index contributed by atoms with van der Waals surface area (Å²) in [7, 11) is 0. The van der Waals surface area contributed by atoms with Crippen LogP contribution in [-0.2, 0) is 0 Å². The van der Waals surface area contributed by atoms with Gasteiger partial charge in [0.15, 0.2) is 6.61 Å². The van der Waals surface area contributed by atoms with Crippen molar-refractivity contribution in [2.75, 3.05) is 6.61 Å². The molecular formula is C9H8ClF2IO. The fraction of sp³-hybridized carbons (Fsp3) is 0.333. The van der Waals surface area contributed by atoms with Crippen LogP contribution in [0.1, 0.15) is 6.92 Å². The molecule has 0 aromatic heterocycles. The van der Waals surface area contributed by atoms with E-state index in [-0.39, 0.29) is 0 Å². The molecule has 0 fully saturated rings. The Kier molecular flexibility index (Phi) is 3.94. The average Bonchev–Trinajstić information content (AvgIpc) is 2.05. The van der Waals surface area contributed by atoms with Crippen LogP contribution < -0.4 is 4.74 Å². The number of ether oxygens (including phenoxy) is 1. The second-order valence-electron chi connectivity index (χ2n) is 2.93. The summed E-state index contributed by atoms with van der Waals surface area (Å²) >= 11 is 7.70. The molecule has 78 valence electrons. The molecule has 0 aliphatic rings. The Labute approximate surface area is 99.5 Å². The molecule has 0 aliphatic heterocycles. The van der Waals surface area contributed by atoms with E-state index in [1.54, 1.807) is 12.1 Å². The van der Waals surface area contributed by atoms with Crippen molar-refractivity contribution < 1.29 is 13.5 Å². The zero-order valence-corrected chi connectivity index (χ0v) is 10.3. The molecule has 1 aromatic carbocycles. The maximum Gasteiger partial charge on any atom is 0.278 e. The highest BCUT2D eigenvalue weighted by molar-refractivity contribution is 14.1. The number of benzene rings is 1. The van der Waals surface area contributed by atoms with Crippen molar-refractivity contribution in [1.82, 2.24) is 0 Å². The maximum atomic E-state index is 12.5. The normalized spacial score (nSPS) is 11.5. The fourth-order valence-electron chi connectivity index (χ4n) is 0.792. The Bertz CT molecular complexity index is 325. The SMILES string of the molecule is CC(F)(F)COc1cc(Cl)ccc1I. The molecule has 0 N–H and O–H groups in total.